The number of anilines is 2. The summed E-state index contributed by atoms with van der Waals surface area (Å²) in [6, 6.07) is 4.63. The Hall–Kier alpha value is -1.31. The molecule has 21 heavy (non-hydrogen) atoms. The van der Waals surface area contributed by atoms with Gasteiger partial charge in [0.2, 0.25) is 10.0 Å². The first-order valence-corrected chi connectivity index (χ1v) is 8.75. The van der Waals surface area contributed by atoms with Gasteiger partial charge in [-0.2, -0.15) is 0 Å². The summed E-state index contributed by atoms with van der Waals surface area (Å²) in [5.74, 6) is 0.729. The van der Waals surface area contributed by atoms with Crippen molar-refractivity contribution in [2.24, 2.45) is 11.1 Å². The second-order valence-electron chi connectivity index (χ2n) is 5.80. The molecular weight excluding hydrogens is 288 g/mol. The van der Waals surface area contributed by atoms with E-state index in [4.69, 9.17) is 10.9 Å². The van der Waals surface area contributed by atoms with Gasteiger partial charge in [0.25, 0.3) is 0 Å². The van der Waals surface area contributed by atoms with Crippen molar-refractivity contribution < 1.29 is 8.42 Å². The Bertz CT molecular complexity index is 581. The number of nitrogens with one attached hydrogen (secondary N) is 1. The molecule has 0 spiro atoms. The van der Waals surface area contributed by atoms with Gasteiger partial charge in [-0.15, -0.1) is 0 Å². The molecule has 0 unspecified atom stereocenters. The van der Waals surface area contributed by atoms with E-state index < -0.39 is 10.0 Å². The minimum atomic E-state index is -3.72. The lowest BCUT2D eigenvalue weighted by molar-refractivity contribution is 0.215. The van der Waals surface area contributed by atoms with E-state index in [0.717, 1.165) is 32.0 Å². The van der Waals surface area contributed by atoms with Crippen LogP contribution in [0.25, 0.3) is 0 Å². The number of benzene rings is 1. The van der Waals surface area contributed by atoms with Crippen LogP contribution in [0.1, 0.15) is 19.3 Å². The van der Waals surface area contributed by atoms with Gasteiger partial charge in [-0.25, -0.2) is 13.6 Å². The number of sulfonamides is 1. The van der Waals surface area contributed by atoms with Gasteiger partial charge < -0.3 is 16.0 Å². The third-order valence-corrected chi connectivity index (χ3v) is 4.87. The van der Waals surface area contributed by atoms with E-state index in [1.807, 2.05) is 0 Å². The lowest BCUT2D eigenvalue weighted by Gasteiger charge is -2.29. The SMILES string of the molecule is CN1CCC(CCNc2cc(N)cc(S(N)(=O)=O)c2)CC1. The molecule has 1 aromatic carbocycles. The van der Waals surface area contributed by atoms with Gasteiger partial charge in [0, 0.05) is 17.9 Å². The molecule has 2 rings (SSSR count). The van der Waals surface area contributed by atoms with Crippen molar-refractivity contribution in [2.75, 3.05) is 37.7 Å². The molecule has 5 N–H and O–H groups in total. The number of primary sulfonamides is 1. The zero-order chi connectivity index (χ0) is 15.5. The molecule has 1 saturated heterocycles. The second-order valence-corrected chi connectivity index (χ2v) is 7.36. The number of hydrogen-bond donors (Lipinski definition) is 3. The monoisotopic (exact) mass is 312 g/mol. The third-order valence-electron chi connectivity index (χ3n) is 3.98. The number of rotatable bonds is 5. The van der Waals surface area contributed by atoms with Gasteiger partial charge in [0.1, 0.15) is 0 Å². The highest BCUT2D eigenvalue weighted by atomic mass is 32.2. The zero-order valence-corrected chi connectivity index (χ0v) is 13.2. The van der Waals surface area contributed by atoms with Crippen molar-refractivity contribution in [3.8, 4) is 0 Å². The van der Waals surface area contributed by atoms with Crippen LogP contribution in [0.2, 0.25) is 0 Å². The van der Waals surface area contributed by atoms with Gasteiger partial charge in [-0.05, 0) is 63.5 Å². The molecule has 1 aliphatic rings. The molecule has 0 atom stereocenters. The van der Waals surface area contributed by atoms with Crippen LogP contribution in [-0.2, 0) is 10.0 Å². The second kappa shape index (κ2) is 6.64. The average molecular weight is 312 g/mol. The molecule has 0 amide bonds. The van der Waals surface area contributed by atoms with Crippen LogP contribution in [0.5, 0.6) is 0 Å². The van der Waals surface area contributed by atoms with Crippen molar-refractivity contribution in [3.63, 3.8) is 0 Å². The maximum absolute atomic E-state index is 11.4. The molecule has 0 aromatic heterocycles. The summed E-state index contributed by atoms with van der Waals surface area (Å²) in [5, 5.41) is 8.38. The number of hydrogen-bond acceptors (Lipinski definition) is 5. The quantitative estimate of drug-likeness (QED) is 0.706. The van der Waals surface area contributed by atoms with Crippen molar-refractivity contribution in [2.45, 2.75) is 24.2 Å². The lowest BCUT2D eigenvalue weighted by Crippen LogP contribution is -2.30. The Morgan fingerprint density at radius 1 is 1.29 bits per heavy atom. The van der Waals surface area contributed by atoms with E-state index >= 15 is 0 Å². The molecule has 0 saturated carbocycles. The number of nitrogens with zero attached hydrogens (tertiary/aromatic N) is 1. The van der Waals surface area contributed by atoms with Gasteiger partial charge in [0.05, 0.1) is 4.90 Å². The predicted molar refractivity (Wildman–Crippen MR) is 85.6 cm³/mol. The van der Waals surface area contributed by atoms with Crippen molar-refractivity contribution >= 4 is 21.4 Å². The minimum Gasteiger partial charge on any atom is -0.399 e. The van der Waals surface area contributed by atoms with Crippen molar-refractivity contribution in [3.05, 3.63) is 18.2 Å². The molecule has 1 aromatic rings. The fourth-order valence-electron chi connectivity index (χ4n) is 2.66. The van der Waals surface area contributed by atoms with Crippen LogP contribution in [0.3, 0.4) is 0 Å². The van der Waals surface area contributed by atoms with E-state index in [0.29, 0.717) is 11.4 Å². The maximum Gasteiger partial charge on any atom is 0.238 e. The first kappa shape index (κ1) is 16.1. The number of piperidine rings is 1. The van der Waals surface area contributed by atoms with Crippen molar-refractivity contribution in [1.82, 2.24) is 4.90 Å². The molecule has 1 heterocycles. The topological polar surface area (TPSA) is 101 Å². The number of nitrogens with two attached hydrogens (primary N) is 2. The average Bonchev–Trinajstić information content (AvgIpc) is 2.39. The summed E-state index contributed by atoms with van der Waals surface area (Å²) in [5.41, 5.74) is 6.81. The lowest BCUT2D eigenvalue weighted by atomic mass is 9.94. The molecule has 0 bridgehead atoms. The standard InChI is InChI=1S/C14H24N4O2S/c1-18-6-3-11(4-7-18)2-5-17-13-8-12(15)9-14(10-13)21(16,19)20/h8-11,17H,2-7,15H2,1H3,(H2,16,19,20). The van der Waals surface area contributed by atoms with E-state index in [9.17, 15) is 8.42 Å². The number of likely N-dealkylation sites (tertiary alicyclic amines) is 1. The van der Waals surface area contributed by atoms with Crippen LogP contribution in [-0.4, -0.2) is 40.0 Å². The summed E-state index contributed by atoms with van der Waals surface area (Å²) in [4.78, 5) is 2.39. The number of nitrogen functional groups attached to an aromatic ring is 1. The van der Waals surface area contributed by atoms with Crippen LogP contribution in [0.4, 0.5) is 11.4 Å². The molecule has 118 valence electrons. The van der Waals surface area contributed by atoms with Crippen LogP contribution >= 0.6 is 0 Å². The summed E-state index contributed by atoms with van der Waals surface area (Å²) in [7, 11) is -1.58. The highest BCUT2D eigenvalue weighted by Gasteiger charge is 2.16. The van der Waals surface area contributed by atoms with Gasteiger partial charge in [-0.3, -0.25) is 0 Å². The molecule has 7 heteroatoms. The smallest absolute Gasteiger partial charge is 0.238 e. The minimum absolute atomic E-state index is 0.0456. The molecule has 0 radical (unpaired) electrons. The van der Waals surface area contributed by atoms with Crippen LogP contribution in [0.15, 0.2) is 23.1 Å². The first-order valence-electron chi connectivity index (χ1n) is 7.20. The highest BCUT2D eigenvalue weighted by Crippen LogP contribution is 2.22. The predicted octanol–water partition coefficient (Wildman–Crippen LogP) is 1.06. The largest absolute Gasteiger partial charge is 0.399 e. The normalized spacial score (nSPS) is 17.8. The van der Waals surface area contributed by atoms with Gasteiger partial charge in [-0.1, -0.05) is 0 Å². The molecule has 1 aliphatic heterocycles. The summed E-state index contributed by atoms with van der Waals surface area (Å²) >= 11 is 0. The zero-order valence-electron chi connectivity index (χ0n) is 12.4. The Morgan fingerprint density at radius 2 is 1.95 bits per heavy atom. The summed E-state index contributed by atoms with van der Waals surface area (Å²) < 4.78 is 22.8. The van der Waals surface area contributed by atoms with E-state index in [1.165, 1.54) is 25.0 Å². The van der Waals surface area contributed by atoms with Crippen LogP contribution < -0.4 is 16.2 Å². The van der Waals surface area contributed by atoms with Gasteiger partial charge >= 0.3 is 0 Å². The fourth-order valence-corrected chi connectivity index (χ4v) is 3.25. The summed E-state index contributed by atoms with van der Waals surface area (Å²) in [6.45, 7) is 3.11. The highest BCUT2D eigenvalue weighted by molar-refractivity contribution is 7.89. The van der Waals surface area contributed by atoms with E-state index in [2.05, 4.69) is 17.3 Å². The maximum atomic E-state index is 11.4. The Balaban J connectivity index is 1.90. The fraction of sp³-hybridized carbons (Fsp3) is 0.571. The molecule has 6 nitrogen and oxygen atoms in total. The Labute approximate surface area is 126 Å². The van der Waals surface area contributed by atoms with Crippen LogP contribution in [0, 0.1) is 5.92 Å². The van der Waals surface area contributed by atoms with E-state index in [1.54, 1.807) is 6.07 Å². The molecule has 0 aliphatic carbocycles. The van der Waals surface area contributed by atoms with Crippen molar-refractivity contribution in [1.29, 1.82) is 0 Å². The Kier molecular flexibility index (Phi) is 5.08. The Morgan fingerprint density at radius 3 is 2.57 bits per heavy atom. The molecular formula is C14H24N4O2S. The first-order chi connectivity index (χ1) is 9.84. The summed E-state index contributed by atoms with van der Waals surface area (Å²) in [6.07, 6.45) is 3.52. The molecule has 1 fully saturated rings. The third kappa shape index (κ3) is 4.87. The van der Waals surface area contributed by atoms with Gasteiger partial charge in [0.15, 0.2) is 0 Å². The van der Waals surface area contributed by atoms with E-state index in [-0.39, 0.29) is 4.90 Å².